The molecule has 13 heteroatoms. The Morgan fingerprint density at radius 3 is 2.78 bits per heavy atom. The molecule has 162 valence electrons. The molecule has 0 atom stereocenters. The van der Waals surface area contributed by atoms with Gasteiger partial charge >= 0.3 is 6.18 Å². The van der Waals surface area contributed by atoms with E-state index in [0.29, 0.717) is 16.9 Å². The Hall–Kier alpha value is -4.31. The van der Waals surface area contributed by atoms with E-state index in [1.165, 1.54) is 42.6 Å². The number of hydrogen-bond acceptors (Lipinski definition) is 8. The average molecular weight is 441 g/mol. The minimum absolute atomic E-state index is 0.0388. The van der Waals surface area contributed by atoms with Crippen molar-refractivity contribution in [1.82, 2.24) is 25.2 Å². The van der Waals surface area contributed by atoms with Crippen LogP contribution in [0, 0.1) is 18.3 Å². The molecule has 0 unspecified atom stereocenters. The van der Waals surface area contributed by atoms with Gasteiger partial charge in [0.25, 0.3) is 5.91 Å². The molecule has 3 aromatic heterocycles. The van der Waals surface area contributed by atoms with Crippen LogP contribution in [0.5, 0.6) is 0 Å². The lowest BCUT2D eigenvalue weighted by Gasteiger charge is -2.15. The van der Waals surface area contributed by atoms with Crippen LogP contribution >= 0.6 is 0 Å². The van der Waals surface area contributed by atoms with Gasteiger partial charge in [-0.2, -0.15) is 33.8 Å². The number of aromatic nitrogens is 4. The summed E-state index contributed by atoms with van der Waals surface area (Å²) in [7, 11) is 0. The molecule has 0 bridgehead atoms. The molecule has 2 N–H and O–H groups in total. The first-order chi connectivity index (χ1) is 15.3. The van der Waals surface area contributed by atoms with Crippen molar-refractivity contribution in [3.63, 3.8) is 0 Å². The largest absolute Gasteiger partial charge is 0.434 e. The van der Waals surface area contributed by atoms with Crippen LogP contribution < -0.4 is 15.9 Å². The van der Waals surface area contributed by atoms with Crippen LogP contribution in [0.3, 0.4) is 0 Å². The maximum atomic E-state index is 13.9. The standard InChI is InChI=1S/C19H14F3N9O/c1-11-15(3-2-4-24-11)30-16(19(20,21)22)14(10-28-30)18(32)29-13-7-12(8-23)17(25-9-13)31-26-5-6-27-31/h2-5,7,9-10,27H,6H2,1H3,(H,29,32). The summed E-state index contributed by atoms with van der Waals surface area (Å²) in [5.41, 5.74) is 1.42. The van der Waals surface area contributed by atoms with Gasteiger partial charge in [0.15, 0.2) is 11.5 Å². The summed E-state index contributed by atoms with van der Waals surface area (Å²) in [5.74, 6) is -0.865. The fraction of sp³-hybridized carbons (Fsp3) is 0.158. The highest BCUT2D eigenvalue weighted by Crippen LogP contribution is 2.34. The second-order valence-electron chi connectivity index (χ2n) is 6.56. The molecule has 0 fully saturated rings. The normalized spacial score (nSPS) is 13.3. The molecule has 0 aliphatic carbocycles. The molecule has 3 aromatic rings. The number of rotatable bonds is 4. The second kappa shape index (κ2) is 8.08. The van der Waals surface area contributed by atoms with Gasteiger partial charge < -0.3 is 5.32 Å². The first-order valence-corrected chi connectivity index (χ1v) is 9.14. The number of pyridine rings is 2. The summed E-state index contributed by atoms with van der Waals surface area (Å²) in [6.07, 6.45) is 0.187. The topological polar surface area (TPSA) is 124 Å². The van der Waals surface area contributed by atoms with Gasteiger partial charge in [0.1, 0.15) is 11.6 Å². The minimum Gasteiger partial charge on any atom is -0.320 e. The second-order valence-corrected chi connectivity index (χ2v) is 6.56. The number of nitriles is 1. The Kier molecular flexibility index (Phi) is 5.29. The van der Waals surface area contributed by atoms with Gasteiger partial charge in [-0.15, -0.1) is 0 Å². The number of halogens is 3. The molecule has 0 saturated heterocycles. The van der Waals surface area contributed by atoms with Gasteiger partial charge in [0, 0.05) is 12.4 Å². The Bertz CT molecular complexity index is 1260. The number of hydrogen-bond donors (Lipinski definition) is 2. The molecule has 4 heterocycles. The molecule has 1 aliphatic heterocycles. The molecule has 32 heavy (non-hydrogen) atoms. The molecule has 0 radical (unpaired) electrons. The third-order valence-corrected chi connectivity index (χ3v) is 4.46. The van der Waals surface area contributed by atoms with E-state index >= 15 is 0 Å². The number of amides is 1. The molecule has 0 aromatic carbocycles. The zero-order valence-corrected chi connectivity index (χ0v) is 16.4. The fourth-order valence-electron chi connectivity index (χ4n) is 3.07. The first-order valence-electron chi connectivity index (χ1n) is 9.14. The molecule has 0 spiro atoms. The molecule has 1 aliphatic rings. The maximum Gasteiger partial charge on any atom is 0.434 e. The van der Waals surface area contributed by atoms with Crippen LogP contribution in [-0.4, -0.2) is 38.4 Å². The smallest absolute Gasteiger partial charge is 0.320 e. The van der Waals surface area contributed by atoms with Gasteiger partial charge in [-0.05, 0) is 25.1 Å². The van der Waals surface area contributed by atoms with E-state index in [1.54, 1.807) is 6.21 Å². The summed E-state index contributed by atoms with van der Waals surface area (Å²) in [6, 6.07) is 6.10. The fourth-order valence-corrected chi connectivity index (χ4v) is 3.07. The van der Waals surface area contributed by atoms with Crippen LogP contribution in [-0.2, 0) is 6.18 Å². The monoisotopic (exact) mass is 441 g/mol. The predicted molar refractivity (Wildman–Crippen MR) is 107 cm³/mol. The predicted octanol–water partition coefficient (Wildman–Crippen LogP) is 2.42. The number of carbonyl (C=O) groups excluding carboxylic acids is 1. The van der Waals surface area contributed by atoms with E-state index in [0.717, 1.165) is 6.20 Å². The molecule has 1 amide bonds. The number of carbonyl (C=O) groups is 1. The van der Waals surface area contributed by atoms with Crippen molar-refractivity contribution in [2.24, 2.45) is 5.10 Å². The lowest BCUT2D eigenvalue weighted by molar-refractivity contribution is -0.143. The highest BCUT2D eigenvalue weighted by atomic mass is 19.4. The summed E-state index contributed by atoms with van der Waals surface area (Å²) >= 11 is 0. The number of nitrogens with zero attached hydrogens (tertiary/aromatic N) is 7. The number of alkyl halides is 3. The average Bonchev–Trinajstić information content (AvgIpc) is 3.44. The quantitative estimate of drug-likeness (QED) is 0.637. The van der Waals surface area contributed by atoms with Crippen LogP contribution in [0.1, 0.15) is 27.3 Å². The van der Waals surface area contributed by atoms with Gasteiger partial charge in [-0.3, -0.25) is 9.78 Å². The number of aryl methyl sites for hydroxylation is 1. The van der Waals surface area contributed by atoms with E-state index in [9.17, 15) is 23.2 Å². The van der Waals surface area contributed by atoms with E-state index in [4.69, 9.17) is 0 Å². The van der Waals surface area contributed by atoms with Gasteiger partial charge in [-0.1, -0.05) is 0 Å². The van der Waals surface area contributed by atoms with Crippen LogP contribution in [0.25, 0.3) is 5.69 Å². The van der Waals surface area contributed by atoms with E-state index in [1.807, 2.05) is 6.07 Å². The Morgan fingerprint density at radius 1 is 1.31 bits per heavy atom. The minimum atomic E-state index is -4.87. The zero-order valence-electron chi connectivity index (χ0n) is 16.4. The molecule has 10 nitrogen and oxygen atoms in total. The van der Waals surface area contributed by atoms with Crippen molar-refractivity contribution in [3.05, 3.63) is 59.3 Å². The number of nitrogens with one attached hydrogen (secondary N) is 2. The summed E-state index contributed by atoms with van der Waals surface area (Å²) < 4.78 is 42.2. The Morgan fingerprint density at radius 2 is 2.12 bits per heavy atom. The lowest BCUT2D eigenvalue weighted by Crippen LogP contribution is -2.29. The molecule has 4 rings (SSSR count). The molecule has 0 saturated carbocycles. The van der Waals surface area contributed by atoms with Gasteiger partial charge in [-0.25, -0.2) is 15.1 Å². The van der Waals surface area contributed by atoms with Gasteiger partial charge in [0.2, 0.25) is 0 Å². The number of anilines is 2. The third-order valence-electron chi connectivity index (χ3n) is 4.46. The molecular formula is C19H14F3N9O. The number of hydrazone groups is 1. The highest BCUT2D eigenvalue weighted by molar-refractivity contribution is 6.05. The van der Waals surface area contributed by atoms with Crippen molar-refractivity contribution in [1.29, 1.82) is 5.26 Å². The van der Waals surface area contributed by atoms with Crippen LogP contribution in [0.2, 0.25) is 0 Å². The Labute approximate surface area is 179 Å². The van der Waals surface area contributed by atoms with E-state index < -0.39 is 23.3 Å². The van der Waals surface area contributed by atoms with Crippen molar-refractivity contribution >= 4 is 23.6 Å². The van der Waals surface area contributed by atoms with Crippen molar-refractivity contribution in [3.8, 4) is 11.8 Å². The van der Waals surface area contributed by atoms with E-state index in [2.05, 4.69) is 30.9 Å². The molecular weight excluding hydrogens is 427 g/mol. The number of hydrazine groups is 1. The van der Waals surface area contributed by atoms with Crippen molar-refractivity contribution in [2.45, 2.75) is 13.1 Å². The first kappa shape index (κ1) is 20.9. The summed E-state index contributed by atoms with van der Waals surface area (Å²) in [4.78, 5) is 20.8. The highest BCUT2D eigenvalue weighted by Gasteiger charge is 2.41. The third kappa shape index (κ3) is 3.86. The van der Waals surface area contributed by atoms with Crippen molar-refractivity contribution < 1.29 is 18.0 Å². The van der Waals surface area contributed by atoms with Crippen molar-refractivity contribution in [2.75, 3.05) is 17.0 Å². The lowest BCUT2D eigenvalue weighted by atomic mass is 10.2. The summed E-state index contributed by atoms with van der Waals surface area (Å²) in [6.45, 7) is 1.98. The summed E-state index contributed by atoms with van der Waals surface area (Å²) in [5, 5.41) is 20.8. The zero-order chi connectivity index (χ0) is 22.9. The van der Waals surface area contributed by atoms with Crippen LogP contribution in [0.4, 0.5) is 24.7 Å². The van der Waals surface area contributed by atoms with Crippen LogP contribution in [0.15, 0.2) is 41.9 Å². The maximum absolute atomic E-state index is 13.9. The van der Waals surface area contributed by atoms with Gasteiger partial charge in [0.05, 0.1) is 41.6 Å². The SMILES string of the molecule is Cc1ncccc1-n1ncc(C(=O)Nc2cnc(N3N=CCN3)c(C#N)c2)c1C(F)(F)F. The van der Waals surface area contributed by atoms with E-state index in [-0.39, 0.29) is 22.8 Å². The Balaban J connectivity index is 1.68.